The molecule has 0 heterocycles. The number of carbonyl (C=O) groups is 1. The molecule has 28 heavy (non-hydrogen) atoms. The molecule has 0 atom stereocenters. The number of nitrogens with zero attached hydrogens (tertiary/aromatic N) is 1. The van der Waals surface area contributed by atoms with Crippen LogP contribution in [0.25, 0.3) is 0 Å². The molecule has 0 aromatic heterocycles. The van der Waals surface area contributed by atoms with Crippen LogP contribution in [0.15, 0.2) is 83.8 Å². The summed E-state index contributed by atoms with van der Waals surface area (Å²) in [6.45, 7) is 2.02. The van der Waals surface area contributed by atoms with Gasteiger partial charge in [-0.15, -0.1) is 0 Å². The van der Waals surface area contributed by atoms with Crippen molar-refractivity contribution in [3.63, 3.8) is 0 Å². The van der Waals surface area contributed by atoms with Crippen molar-refractivity contribution in [1.29, 1.82) is 0 Å². The number of rotatable bonds is 6. The number of sulfonamides is 1. The number of aryl methyl sites for hydroxylation is 1. The Kier molecular flexibility index (Phi) is 5.80. The van der Waals surface area contributed by atoms with E-state index < -0.39 is 10.0 Å². The molecule has 3 aromatic rings. The minimum atomic E-state index is -3.70. The molecule has 0 aliphatic carbocycles. The fraction of sp³-hybridized carbons (Fsp3) is 0.136. The third kappa shape index (κ3) is 4.07. The van der Waals surface area contributed by atoms with E-state index in [0.717, 1.165) is 17.7 Å². The molecule has 0 aliphatic heterocycles. The van der Waals surface area contributed by atoms with Gasteiger partial charge in [0.05, 0.1) is 10.6 Å². The van der Waals surface area contributed by atoms with E-state index in [-0.39, 0.29) is 10.8 Å². The van der Waals surface area contributed by atoms with Crippen molar-refractivity contribution in [1.82, 2.24) is 0 Å². The number of benzene rings is 3. The third-order valence-corrected chi connectivity index (χ3v) is 6.32. The fourth-order valence-corrected chi connectivity index (χ4v) is 4.09. The van der Waals surface area contributed by atoms with Crippen LogP contribution >= 0.6 is 0 Å². The molecule has 1 amide bonds. The van der Waals surface area contributed by atoms with Crippen LogP contribution in [0, 0.1) is 0 Å². The predicted molar refractivity (Wildman–Crippen MR) is 112 cm³/mol. The van der Waals surface area contributed by atoms with E-state index >= 15 is 0 Å². The zero-order chi connectivity index (χ0) is 20.1. The molecule has 3 aromatic carbocycles. The zero-order valence-corrected chi connectivity index (χ0v) is 16.6. The summed E-state index contributed by atoms with van der Waals surface area (Å²) >= 11 is 0. The minimum Gasteiger partial charge on any atom is -0.322 e. The van der Waals surface area contributed by atoms with E-state index in [4.69, 9.17) is 0 Å². The molecule has 6 heteroatoms. The number of para-hydroxylation sites is 1. The fourth-order valence-electron chi connectivity index (χ4n) is 2.88. The van der Waals surface area contributed by atoms with Crippen molar-refractivity contribution in [3.05, 3.63) is 90.0 Å². The van der Waals surface area contributed by atoms with Crippen LogP contribution in [0.2, 0.25) is 0 Å². The molecule has 0 fully saturated rings. The lowest BCUT2D eigenvalue weighted by Crippen LogP contribution is -2.26. The average Bonchev–Trinajstić information content (AvgIpc) is 2.74. The van der Waals surface area contributed by atoms with Gasteiger partial charge in [0.1, 0.15) is 0 Å². The highest BCUT2D eigenvalue weighted by molar-refractivity contribution is 7.92. The average molecular weight is 394 g/mol. The van der Waals surface area contributed by atoms with Crippen molar-refractivity contribution in [2.75, 3.05) is 16.7 Å². The van der Waals surface area contributed by atoms with Crippen LogP contribution in [-0.4, -0.2) is 21.4 Å². The number of hydrogen-bond acceptors (Lipinski definition) is 3. The lowest BCUT2D eigenvalue weighted by Gasteiger charge is -2.20. The van der Waals surface area contributed by atoms with E-state index in [9.17, 15) is 13.2 Å². The molecule has 0 unspecified atom stereocenters. The lowest BCUT2D eigenvalue weighted by atomic mass is 10.1. The summed E-state index contributed by atoms with van der Waals surface area (Å²) in [6, 6.07) is 22.4. The van der Waals surface area contributed by atoms with Crippen molar-refractivity contribution < 1.29 is 13.2 Å². The standard InChI is InChI=1S/C22H22N2O3S/c1-3-17-10-7-8-15-21(17)23-22(25)18-11-9-12-19(16-18)24(2)28(26,27)20-13-5-4-6-14-20/h4-16H,3H2,1-2H3,(H,23,25). The second-order valence-corrected chi connectivity index (χ2v) is 8.27. The second kappa shape index (κ2) is 8.27. The quantitative estimate of drug-likeness (QED) is 0.677. The Morgan fingerprint density at radius 1 is 0.929 bits per heavy atom. The molecular weight excluding hydrogens is 372 g/mol. The normalized spacial score (nSPS) is 11.1. The Labute approximate surface area is 165 Å². The van der Waals surface area contributed by atoms with Crippen molar-refractivity contribution in [3.8, 4) is 0 Å². The molecule has 1 N–H and O–H groups in total. The zero-order valence-electron chi connectivity index (χ0n) is 15.8. The Balaban J connectivity index is 1.87. The van der Waals surface area contributed by atoms with Gasteiger partial charge in [-0.2, -0.15) is 0 Å². The first kappa shape index (κ1) is 19.6. The van der Waals surface area contributed by atoms with Gasteiger partial charge in [0.2, 0.25) is 0 Å². The van der Waals surface area contributed by atoms with E-state index in [1.54, 1.807) is 54.6 Å². The maximum absolute atomic E-state index is 12.8. The van der Waals surface area contributed by atoms with Crippen LogP contribution in [-0.2, 0) is 16.4 Å². The van der Waals surface area contributed by atoms with Gasteiger partial charge in [-0.05, 0) is 48.4 Å². The first-order valence-electron chi connectivity index (χ1n) is 8.97. The maximum atomic E-state index is 12.8. The Bertz CT molecular complexity index is 1080. The highest BCUT2D eigenvalue weighted by atomic mass is 32.2. The van der Waals surface area contributed by atoms with Gasteiger partial charge in [0.25, 0.3) is 15.9 Å². The molecule has 0 spiro atoms. The van der Waals surface area contributed by atoms with Gasteiger partial charge >= 0.3 is 0 Å². The van der Waals surface area contributed by atoms with Crippen LogP contribution in [0.4, 0.5) is 11.4 Å². The second-order valence-electron chi connectivity index (χ2n) is 6.30. The first-order chi connectivity index (χ1) is 13.4. The predicted octanol–water partition coefficient (Wildman–Crippen LogP) is 4.33. The minimum absolute atomic E-state index is 0.198. The molecule has 0 saturated carbocycles. The van der Waals surface area contributed by atoms with E-state index in [1.807, 2.05) is 31.2 Å². The number of carbonyl (C=O) groups excluding carboxylic acids is 1. The number of anilines is 2. The molecule has 3 rings (SSSR count). The summed E-state index contributed by atoms with van der Waals surface area (Å²) in [7, 11) is -2.22. The number of nitrogens with one attached hydrogen (secondary N) is 1. The van der Waals surface area contributed by atoms with Crippen molar-refractivity contribution >= 4 is 27.3 Å². The Hall–Kier alpha value is -3.12. The SMILES string of the molecule is CCc1ccccc1NC(=O)c1cccc(N(C)S(=O)(=O)c2ccccc2)c1. The third-order valence-electron chi connectivity index (χ3n) is 4.52. The lowest BCUT2D eigenvalue weighted by molar-refractivity contribution is 0.102. The first-order valence-corrected chi connectivity index (χ1v) is 10.4. The molecule has 0 radical (unpaired) electrons. The maximum Gasteiger partial charge on any atom is 0.264 e. The molecule has 144 valence electrons. The van der Waals surface area contributed by atoms with Crippen LogP contribution < -0.4 is 9.62 Å². The van der Waals surface area contributed by atoms with Gasteiger partial charge < -0.3 is 5.32 Å². The number of amides is 1. The van der Waals surface area contributed by atoms with E-state index in [2.05, 4.69) is 5.32 Å². The van der Waals surface area contributed by atoms with Gasteiger partial charge in [-0.3, -0.25) is 9.10 Å². The molecule has 0 aliphatic rings. The summed E-state index contributed by atoms with van der Waals surface area (Å²) in [5.74, 6) is -0.284. The molecule has 5 nitrogen and oxygen atoms in total. The van der Waals surface area contributed by atoms with Gasteiger partial charge in [0, 0.05) is 18.3 Å². The number of hydrogen-bond donors (Lipinski definition) is 1. The van der Waals surface area contributed by atoms with E-state index in [1.165, 1.54) is 11.4 Å². The van der Waals surface area contributed by atoms with Gasteiger partial charge in [0.15, 0.2) is 0 Å². The summed E-state index contributed by atoms with van der Waals surface area (Å²) in [5.41, 5.74) is 2.60. The highest BCUT2D eigenvalue weighted by Gasteiger charge is 2.21. The van der Waals surface area contributed by atoms with Crippen molar-refractivity contribution in [2.24, 2.45) is 0 Å². The summed E-state index contributed by atoms with van der Waals surface area (Å²) < 4.78 is 26.8. The Morgan fingerprint density at radius 2 is 1.61 bits per heavy atom. The monoisotopic (exact) mass is 394 g/mol. The van der Waals surface area contributed by atoms with Gasteiger partial charge in [-0.25, -0.2) is 8.42 Å². The van der Waals surface area contributed by atoms with Gasteiger partial charge in [-0.1, -0.05) is 49.4 Å². The summed E-state index contributed by atoms with van der Waals surface area (Å²) in [5, 5.41) is 2.91. The molecule has 0 saturated heterocycles. The van der Waals surface area contributed by atoms with E-state index in [0.29, 0.717) is 11.3 Å². The smallest absolute Gasteiger partial charge is 0.264 e. The summed E-state index contributed by atoms with van der Waals surface area (Å²) in [4.78, 5) is 12.9. The Morgan fingerprint density at radius 3 is 2.32 bits per heavy atom. The molecule has 0 bridgehead atoms. The van der Waals surface area contributed by atoms with Crippen LogP contribution in [0.3, 0.4) is 0 Å². The van der Waals surface area contributed by atoms with Crippen molar-refractivity contribution in [2.45, 2.75) is 18.2 Å². The van der Waals surface area contributed by atoms with Crippen LogP contribution in [0.5, 0.6) is 0 Å². The highest BCUT2D eigenvalue weighted by Crippen LogP contribution is 2.24. The summed E-state index contributed by atoms with van der Waals surface area (Å²) in [6.07, 6.45) is 0.800. The topological polar surface area (TPSA) is 66.5 Å². The largest absolute Gasteiger partial charge is 0.322 e. The molecular formula is C22H22N2O3S. The van der Waals surface area contributed by atoms with Crippen LogP contribution in [0.1, 0.15) is 22.8 Å².